The number of methoxy groups -OCH3 is 1. The molecule has 2 heterocycles. The Bertz CT molecular complexity index is 953. The van der Waals surface area contributed by atoms with E-state index < -0.39 is 0 Å². The van der Waals surface area contributed by atoms with Gasteiger partial charge in [-0.3, -0.25) is 9.69 Å². The van der Waals surface area contributed by atoms with Crippen molar-refractivity contribution in [2.24, 2.45) is 0 Å². The Labute approximate surface area is 170 Å². The van der Waals surface area contributed by atoms with Crippen LogP contribution in [0.1, 0.15) is 41.5 Å². The van der Waals surface area contributed by atoms with Crippen LogP contribution in [0, 0.1) is 0 Å². The summed E-state index contributed by atoms with van der Waals surface area (Å²) in [5, 5.41) is 3.12. The Morgan fingerprint density at radius 3 is 2.72 bits per heavy atom. The molecule has 0 unspecified atom stereocenters. The average Bonchev–Trinajstić information content (AvgIpc) is 3.23. The number of nitrogens with zero attached hydrogens (tertiary/aromatic N) is 2. The summed E-state index contributed by atoms with van der Waals surface area (Å²) in [7, 11) is 1.66. The number of aromatic nitrogens is 2. The van der Waals surface area contributed by atoms with E-state index in [0.29, 0.717) is 6.54 Å². The maximum atomic E-state index is 12.8. The number of hydrogen-bond acceptors (Lipinski definition) is 4. The molecule has 150 valence electrons. The molecular weight excluding hydrogens is 364 g/mol. The second-order valence-electron chi connectivity index (χ2n) is 7.36. The van der Waals surface area contributed by atoms with E-state index in [1.807, 2.05) is 61.5 Å². The van der Waals surface area contributed by atoms with Crippen LogP contribution in [0.25, 0.3) is 0 Å². The lowest BCUT2D eigenvalue weighted by Gasteiger charge is -2.35. The van der Waals surface area contributed by atoms with Crippen molar-refractivity contribution in [3.63, 3.8) is 0 Å². The van der Waals surface area contributed by atoms with Crippen LogP contribution in [-0.2, 0) is 11.2 Å². The third-order valence-corrected chi connectivity index (χ3v) is 5.48. The Morgan fingerprint density at radius 1 is 1.24 bits per heavy atom. The van der Waals surface area contributed by atoms with Crippen LogP contribution >= 0.6 is 0 Å². The molecule has 3 aromatic rings. The van der Waals surface area contributed by atoms with Gasteiger partial charge in [-0.2, -0.15) is 0 Å². The van der Waals surface area contributed by atoms with Crippen molar-refractivity contribution < 1.29 is 9.53 Å². The standard InChI is InChI=1S/C23H26N4O2/c1-16(17-6-4-3-5-7-17)26-21(28)14-27-13-12-20-22(25-15-24-20)23(27)18-8-10-19(29-2)11-9-18/h3-11,15-16,23H,12-14H2,1-2H3,(H,24,25)(H,26,28)/t16-,23-/m0/s1. The first-order valence-electron chi connectivity index (χ1n) is 9.90. The zero-order valence-electron chi connectivity index (χ0n) is 16.8. The summed E-state index contributed by atoms with van der Waals surface area (Å²) in [6, 6.07) is 17.9. The Balaban J connectivity index is 1.52. The van der Waals surface area contributed by atoms with Gasteiger partial charge >= 0.3 is 0 Å². The summed E-state index contributed by atoms with van der Waals surface area (Å²) in [5.41, 5.74) is 4.33. The van der Waals surface area contributed by atoms with E-state index in [2.05, 4.69) is 20.2 Å². The average molecular weight is 390 g/mol. The van der Waals surface area contributed by atoms with Gasteiger partial charge in [0.15, 0.2) is 0 Å². The van der Waals surface area contributed by atoms with Crippen LogP contribution in [0.3, 0.4) is 0 Å². The molecule has 0 saturated carbocycles. The van der Waals surface area contributed by atoms with Gasteiger partial charge in [0.2, 0.25) is 5.91 Å². The molecule has 0 saturated heterocycles. The summed E-state index contributed by atoms with van der Waals surface area (Å²) < 4.78 is 5.29. The summed E-state index contributed by atoms with van der Waals surface area (Å²) in [6.45, 7) is 3.12. The Morgan fingerprint density at radius 2 is 2.00 bits per heavy atom. The zero-order valence-corrected chi connectivity index (χ0v) is 16.8. The highest BCUT2D eigenvalue weighted by Gasteiger charge is 2.32. The van der Waals surface area contributed by atoms with Gasteiger partial charge in [0.05, 0.1) is 37.8 Å². The fourth-order valence-corrected chi connectivity index (χ4v) is 3.95. The maximum Gasteiger partial charge on any atom is 0.234 e. The quantitative estimate of drug-likeness (QED) is 0.678. The first-order valence-corrected chi connectivity index (χ1v) is 9.90. The molecule has 0 aliphatic carbocycles. The van der Waals surface area contributed by atoms with Gasteiger partial charge in [-0.25, -0.2) is 4.98 Å². The highest BCUT2D eigenvalue weighted by Crippen LogP contribution is 2.33. The molecule has 0 bridgehead atoms. The molecule has 1 aliphatic rings. The number of imidazole rings is 1. The van der Waals surface area contributed by atoms with Crippen molar-refractivity contribution in [2.45, 2.75) is 25.4 Å². The molecule has 0 radical (unpaired) electrons. The fourth-order valence-electron chi connectivity index (χ4n) is 3.95. The lowest BCUT2D eigenvalue weighted by Crippen LogP contribution is -2.43. The van der Waals surface area contributed by atoms with E-state index in [1.54, 1.807) is 13.4 Å². The smallest absolute Gasteiger partial charge is 0.234 e. The van der Waals surface area contributed by atoms with E-state index in [9.17, 15) is 4.79 Å². The number of aromatic amines is 1. The van der Waals surface area contributed by atoms with Crippen molar-refractivity contribution in [3.05, 3.63) is 83.4 Å². The van der Waals surface area contributed by atoms with Gasteiger partial charge in [0.1, 0.15) is 5.75 Å². The zero-order chi connectivity index (χ0) is 20.2. The number of ether oxygens (including phenoxy) is 1. The van der Waals surface area contributed by atoms with Gasteiger partial charge in [-0.1, -0.05) is 42.5 Å². The number of carbonyl (C=O) groups excluding carboxylic acids is 1. The lowest BCUT2D eigenvalue weighted by molar-refractivity contribution is -0.123. The number of hydrogen-bond donors (Lipinski definition) is 2. The molecule has 2 atom stereocenters. The molecular formula is C23H26N4O2. The van der Waals surface area contributed by atoms with Gasteiger partial charge in [-0.05, 0) is 30.2 Å². The summed E-state index contributed by atoms with van der Waals surface area (Å²) in [4.78, 5) is 22.8. The van der Waals surface area contributed by atoms with Crippen LogP contribution in [0.5, 0.6) is 5.75 Å². The highest BCUT2D eigenvalue weighted by molar-refractivity contribution is 5.78. The number of rotatable bonds is 6. The SMILES string of the molecule is COc1ccc([C@H]2c3nc[nH]c3CCN2CC(=O)N[C@@H](C)c2ccccc2)cc1. The number of fused-ring (bicyclic) bond motifs is 1. The fraction of sp³-hybridized carbons (Fsp3) is 0.304. The first-order chi connectivity index (χ1) is 14.2. The molecule has 2 N–H and O–H groups in total. The minimum absolute atomic E-state index is 0.0128. The topological polar surface area (TPSA) is 70.2 Å². The van der Waals surface area contributed by atoms with E-state index in [1.165, 1.54) is 0 Å². The number of nitrogens with one attached hydrogen (secondary N) is 2. The largest absolute Gasteiger partial charge is 0.497 e. The van der Waals surface area contributed by atoms with Crippen molar-refractivity contribution in [3.8, 4) is 5.75 Å². The molecule has 2 aromatic carbocycles. The predicted molar refractivity (Wildman–Crippen MR) is 112 cm³/mol. The van der Waals surface area contributed by atoms with Crippen molar-refractivity contribution in [2.75, 3.05) is 20.2 Å². The lowest BCUT2D eigenvalue weighted by atomic mass is 9.95. The summed E-state index contributed by atoms with van der Waals surface area (Å²) >= 11 is 0. The second-order valence-corrected chi connectivity index (χ2v) is 7.36. The summed E-state index contributed by atoms with van der Waals surface area (Å²) in [6.07, 6.45) is 2.59. The van der Waals surface area contributed by atoms with Crippen LogP contribution in [0.4, 0.5) is 0 Å². The molecule has 6 nitrogen and oxygen atoms in total. The Kier molecular flexibility index (Phi) is 5.62. The van der Waals surface area contributed by atoms with Crippen LogP contribution in [-0.4, -0.2) is 41.0 Å². The van der Waals surface area contributed by atoms with E-state index in [-0.39, 0.29) is 18.0 Å². The third kappa shape index (κ3) is 4.17. The first kappa shape index (κ1) is 19.2. The molecule has 4 rings (SSSR count). The second kappa shape index (κ2) is 8.49. The minimum Gasteiger partial charge on any atom is -0.497 e. The van der Waals surface area contributed by atoms with Crippen LogP contribution in [0.15, 0.2) is 60.9 Å². The summed E-state index contributed by atoms with van der Waals surface area (Å²) in [5.74, 6) is 0.826. The molecule has 0 spiro atoms. The number of benzene rings is 2. The van der Waals surface area contributed by atoms with Crippen LogP contribution in [0.2, 0.25) is 0 Å². The van der Waals surface area contributed by atoms with Gasteiger partial charge < -0.3 is 15.0 Å². The number of H-pyrrole nitrogens is 1. The molecule has 0 fully saturated rings. The maximum absolute atomic E-state index is 12.8. The van der Waals surface area contributed by atoms with Crippen molar-refractivity contribution >= 4 is 5.91 Å². The molecule has 29 heavy (non-hydrogen) atoms. The number of carbonyl (C=O) groups is 1. The van der Waals surface area contributed by atoms with E-state index in [0.717, 1.165) is 41.2 Å². The monoisotopic (exact) mass is 390 g/mol. The number of amides is 1. The van der Waals surface area contributed by atoms with Crippen molar-refractivity contribution in [1.82, 2.24) is 20.2 Å². The van der Waals surface area contributed by atoms with Crippen molar-refractivity contribution in [1.29, 1.82) is 0 Å². The van der Waals surface area contributed by atoms with E-state index >= 15 is 0 Å². The van der Waals surface area contributed by atoms with E-state index in [4.69, 9.17) is 4.74 Å². The van der Waals surface area contributed by atoms with Gasteiger partial charge in [0, 0.05) is 18.7 Å². The highest BCUT2D eigenvalue weighted by atomic mass is 16.5. The Hall–Kier alpha value is -3.12. The minimum atomic E-state index is -0.0614. The predicted octanol–water partition coefficient (Wildman–Crippen LogP) is 3.24. The van der Waals surface area contributed by atoms with Crippen LogP contribution < -0.4 is 10.1 Å². The molecule has 6 heteroatoms. The normalized spacial score (nSPS) is 17.4. The van der Waals surface area contributed by atoms with Gasteiger partial charge in [0.25, 0.3) is 0 Å². The molecule has 1 amide bonds. The third-order valence-electron chi connectivity index (χ3n) is 5.48. The molecule has 1 aliphatic heterocycles. The molecule has 1 aromatic heterocycles. The van der Waals surface area contributed by atoms with Gasteiger partial charge in [-0.15, -0.1) is 0 Å².